The number of ketones is 1. The Kier molecular flexibility index (Phi) is 8.11. The molecule has 0 unspecified atom stereocenters. The quantitative estimate of drug-likeness (QED) is 0.221. The van der Waals surface area contributed by atoms with Gasteiger partial charge in [-0.15, -0.1) is 23.3 Å². The maximum atomic E-state index is 12.4. The zero-order valence-corrected chi connectivity index (χ0v) is 16.1. The van der Waals surface area contributed by atoms with Gasteiger partial charge in [-0.3, -0.25) is 4.79 Å². The van der Waals surface area contributed by atoms with Crippen LogP contribution in [-0.4, -0.2) is 11.8 Å². The van der Waals surface area contributed by atoms with Gasteiger partial charge in [-0.1, -0.05) is 58.0 Å². The van der Waals surface area contributed by atoms with Crippen molar-refractivity contribution >= 4 is 56.7 Å². The van der Waals surface area contributed by atoms with Crippen molar-refractivity contribution in [3.8, 4) is 0 Å². The molecule has 0 N–H and O–H groups in total. The van der Waals surface area contributed by atoms with E-state index in [2.05, 4.69) is 23.3 Å². The lowest BCUT2D eigenvalue weighted by Crippen LogP contribution is -2.18. The molecule has 0 aliphatic heterocycles. The van der Waals surface area contributed by atoms with Crippen LogP contribution in [0.25, 0.3) is 0 Å². The van der Waals surface area contributed by atoms with Crippen molar-refractivity contribution < 1.29 is 14.3 Å². The molecule has 0 aliphatic rings. The van der Waals surface area contributed by atoms with Gasteiger partial charge in [0, 0.05) is 17.1 Å². The van der Waals surface area contributed by atoms with Crippen LogP contribution in [0.2, 0.25) is 0 Å². The van der Waals surface area contributed by atoms with E-state index < -0.39 is 11.8 Å². The van der Waals surface area contributed by atoms with Gasteiger partial charge in [0.15, 0.2) is 0 Å². The first-order valence-electron chi connectivity index (χ1n) is 7.05. The summed E-state index contributed by atoms with van der Waals surface area (Å²) in [6, 6.07) is 14.7. The number of carbonyl (C=O) groups is 2. The first-order chi connectivity index (χ1) is 11.6. The predicted octanol–water partition coefficient (Wildman–Crippen LogP) is 4.77. The summed E-state index contributed by atoms with van der Waals surface area (Å²) in [6.45, 7) is 0.0803. The second-order valence-corrected chi connectivity index (χ2v) is 7.62. The predicted molar refractivity (Wildman–Crippen MR) is 108 cm³/mol. The van der Waals surface area contributed by atoms with Gasteiger partial charge < -0.3 is 4.74 Å². The summed E-state index contributed by atoms with van der Waals surface area (Å²) in [7, 11) is 2.72. The normalized spacial score (nSPS) is 10.4. The third kappa shape index (κ3) is 5.81. The molecule has 7 heteroatoms. The molecule has 24 heavy (non-hydrogen) atoms. The molecule has 0 heterocycles. The molecule has 2 rings (SSSR count). The van der Waals surface area contributed by atoms with Crippen molar-refractivity contribution in [2.24, 2.45) is 0 Å². The smallest absolute Gasteiger partial charge is 0.380 e. The third-order valence-electron chi connectivity index (χ3n) is 3.18. The molecule has 0 saturated heterocycles. The van der Waals surface area contributed by atoms with Crippen LogP contribution in [0.4, 0.5) is 0 Å². The highest BCUT2D eigenvalue weighted by Crippen LogP contribution is 2.22. The minimum absolute atomic E-state index is 0.0803. The Hall–Kier alpha value is -1.02. The maximum Gasteiger partial charge on any atom is 0.380 e. The van der Waals surface area contributed by atoms with Crippen LogP contribution in [-0.2, 0) is 27.6 Å². The van der Waals surface area contributed by atoms with Gasteiger partial charge in [-0.25, -0.2) is 4.79 Å². The van der Waals surface area contributed by atoms with Gasteiger partial charge in [0.1, 0.15) is 6.61 Å². The molecule has 0 saturated carbocycles. The molecule has 0 fully saturated rings. The Balaban J connectivity index is 2.10. The van der Waals surface area contributed by atoms with E-state index in [0.29, 0.717) is 17.1 Å². The largest absolute Gasteiger partial charge is 0.455 e. The highest BCUT2D eigenvalue weighted by molar-refractivity contribution is 8.68. The van der Waals surface area contributed by atoms with Gasteiger partial charge in [-0.2, -0.15) is 0 Å². The molecule has 2 aromatic rings. The third-order valence-corrected chi connectivity index (χ3v) is 4.87. The van der Waals surface area contributed by atoms with E-state index >= 15 is 0 Å². The van der Waals surface area contributed by atoms with Crippen LogP contribution >= 0.6 is 44.9 Å². The number of Topliss-reactive ketones (excluding diaryl/α,β-unsaturated/α-hetero) is 1. The summed E-state index contributed by atoms with van der Waals surface area (Å²) in [5.41, 5.74) is 3.06. The molecule has 0 bridgehead atoms. The molecule has 0 radical (unpaired) electrons. The average molecular weight is 397 g/mol. The summed E-state index contributed by atoms with van der Waals surface area (Å²) in [6.07, 6.45) is 0. The Morgan fingerprint density at radius 2 is 1.46 bits per heavy atom. The summed E-state index contributed by atoms with van der Waals surface area (Å²) < 4.78 is 5.11. The van der Waals surface area contributed by atoms with Crippen molar-refractivity contribution in [3.63, 3.8) is 0 Å². The van der Waals surface area contributed by atoms with Gasteiger partial charge in [0.05, 0.1) is 0 Å². The first-order valence-corrected chi connectivity index (χ1v) is 11.1. The Morgan fingerprint density at radius 3 is 2.00 bits per heavy atom. The van der Waals surface area contributed by atoms with E-state index in [-0.39, 0.29) is 6.61 Å². The Labute approximate surface area is 159 Å². The van der Waals surface area contributed by atoms with Crippen LogP contribution in [0.5, 0.6) is 0 Å². The minimum atomic E-state index is -0.848. The van der Waals surface area contributed by atoms with Crippen LogP contribution in [0, 0.1) is 0 Å². The topological polar surface area (TPSA) is 43.4 Å². The lowest BCUT2D eigenvalue weighted by Gasteiger charge is -2.08. The fourth-order valence-corrected chi connectivity index (χ4v) is 3.64. The number of hydrogen-bond acceptors (Lipinski definition) is 7. The first kappa shape index (κ1) is 19.3. The molecular formula is C17H16O3S4. The number of ether oxygens (including phenoxy) is 1. The van der Waals surface area contributed by atoms with Crippen LogP contribution in [0.1, 0.15) is 27.0 Å². The van der Waals surface area contributed by atoms with E-state index in [1.807, 2.05) is 36.4 Å². The fourth-order valence-electron chi connectivity index (χ4n) is 2.12. The van der Waals surface area contributed by atoms with Crippen molar-refractivity contribution in [1.82, 2.24) is 0 Å². The fraction of sp³-hybridized carbons (Fsp3) is 0.176. The zero-order valence-electron chi connectivity index (χ0n) is 12.7. The van der Waals surface area contributed by atoms with Crippen molar-refractivity contribution in [2.75, 3.05) is 0 Å². The molecule has 0 aliphatic carbocycles. The van der Waals surface area contributed by atoms with Gasteiger partial charge in [-0.05, 0) is 28.8 Å². The maximum absolute atomic E-state index is 12.4. The molecule has 2 aromatic carbocycles. The van der Waals surface area contributed by atoms with E-state index in [9.17, 15) is 9.59 Å². The molecule has 3 nitrogen and oxygen atoms in total. The lowest BCUT2D eigenvalue weighted by molar-refractivity contribution is -0.139. The van der Waals surface area contributed by atoms with E-state index in [0.717, 1.165) is 16.7 Å². The molecule has 126 valence electrons. The van der Waals surface area contributed by atoms with Crippen molar-refractivity contribution in [2.45, 2.75) is 18.1 Å². The highest BCUT2D eigenvalue weighted by Gasteiger charge is 2.19. The second kappa shape index (κ2) is 10.1. The van der Waals surface area contributed by atoms with E-state index in [1.54, 1.807) is 12.1 Å². The lowest BCUT2D eigenvalue weighted by atomic mass is 10.0. The van der Waals surface area contributed by atoms with Crippen LogP contribution < -0.4 is 0 Å². The van der Waals surface area contributed by atoms with Gasteiger partial charge in [0.2, 0.25) is 0 Å². The molecule has 0 atom stereocenters. The van der Waals surface area contributed by atoms with Gasteiger partial charge >= 0.3 is 5.97 Å². The molecular weight excluding hydrogens is 380 g/mol. The number of benzene rings is 2. The second-order valence-electron chi connectivity index (χ2n) is 4.98. The number of esters is 1. The zero-order chi connectivity index (χ0) is 17.4. The average Bonchev–Trinajstić information content (AvgIpc) is 2.60. The van der Waals surface area contributed by atoms with Gasteiger partial charge in [0.25, 0.3) is 5.78 Å². The van der Waals surface area contributed by atoms with Crippen LogP contribution in [0.15, 0.2) is 48.5 Å². The standard InChI is InChI=1S/C17H16O3S4/c18-16(17(19)20-9-12-4-2-1-3-5-12)15-7-13(10-23-21)6-14(8-15)11-24-22/h1-8,21-22H,9-11H2. The van der Waals surface area contributed by atoms with Crippen molar-refractivity contribution in [1.29, 1.82) is 0 Å². The Bertz CT molecular complexity index is 680. The number of rotatable bonds is 8. The van der Waals surface area contributed by atoms with E-state index in [4.69, 9.17) is 4.74 Å². The number of hydrogen-bond donors (Lipinski definition) is 2. The SMILES string of the molecule is O=C(OCc1ccccc1)C(=O)c1cc(CSS)cc(CSS)c1. The summed E-state index contributed by atoms with van der Waals surface area (Å²) in [5.74, 6) is -0.192. The van der Waals surface area contributed by atoms with E-state index in [1.165, 1.54) is 21.6 Å². The monoisotopic (exact) mass is 396 g/mol. The van der Waals surface area contributed by atoms with Crippen LogP contribution in [0.3, 0.4) is 0 Å². The summed E-state index contributed by atoms with van der Waals surface area (Å²) >= 11 is 8.28. The minimum Gasteiger partial charge on any atom is -0.455 e. The summed E-state index contributed by atoms with van der Waals surface area (Å²) in [4.78, 5) is 24.4. The number of carbonyl (C=O) groups excluding carboxylic acids is 2. The molecule has 0 spiro atoms. The Morgan fingerprint density at radius 1 is 0.875 bits per heavy atom. The summed E-state index contributed by atoms with van der Waals surface area (Å²) in [5, 5.41) is 0. The van der Waals surface area contributed by atoms with Crippen molar-refractivity contribution in [3.05, 3.63) is 70.8 Å². The molecule has 0 aromatic heterocycles. The highest BCUT2D eigenvalue weighted by atomic mass is 33.1. The number of thiol groups is 2. The molecule has 0 amide bonds.